The predicted octanol–water partition coefficient (Wildman–Crippen LogP) is 1.03. The number of methoxy groups -OCH3 is 1. The number of nitrogens with zero attached hydrogens (tertiary/aromatic N) is 1. The molecule has 1 rings (SSSR count). The average molecular weight is 285 g/mol. The van der Waals surface area contributed by atoms with Crippen molar-refractivity contribution in [1.29, 1.82) is 5.41 Å². The molecule has 0 saturated carbocycles. The highest BCUT2D eigenvalue weighted by Crippen LogP contribution is 2.19. The fraction of sp³-hybridized carbons (Fsp3) is 0.417. The lowest BCUT2D eigenvalue weighted by molar-refractivity contribution is 0.414. The monoisotopic (exact) mass is 285 g/mol. The summed E-state index contributed by atoms with van der Waals surface area (Å²) < 4.78 is 31.0. The van der Waals surface area contributed by atoms with Gasteiger partial charge in [0.1, 0.15) is 11.6 Å². The van der Waals surface area contributed by atoms with Gasteiger partial charge in [-0.25, -0.2) is 8.42 Å². The number of nitrogens with one attached hydrogen (secondary N) is 1. The first-order valence-electron chi connectivity index (χ1n) is 5.89. The molecule has 0 amide bonds. The Labute approximate surface area is 113 Å². The number of rotatable bonds is 7. The normalized spacial score (nSPS) is 11.5. The van der Waals surface area contributed by atoms with Gasteiger partial charge in [0, 0.05) is 6.54 Å². The molecule has 1 aromatic rings. The van der Waals surface area contributed by atoms with Crippen LogP contribution in [0.4, 0.5) is 0 Å². The fourth-order valence-electron chi connectivity index (χ4n) is 1.62. The first kappa shape index (κ1) is 15.5. The van der Waals surface area contributed by atoms with E-state index < -0.39 is 10.0 Å². The van der Waals surface area contributed by atoms with E-state index in [2.05, 4.69) is 0 Å². The second kappa shape index (κ2) is 6.53. The van der Waals surface area contributed by atoms with Gasteiger partial charge >= 0.3 is 0 Å². The average Bonchev–Trinajstić information content (AvgIpc) is 2.38. The van der Waals surface area contributed by atoms with Gasteiger partial charge in [0.25, 0.3) is 0 Å². The summed E-state index contributed by atoms with van der Waals surface area (Å²) in [5.41, 5.74) is 5.30. The van der Waals surface area contributed by atoms with E-state index in [0.29, 0.717) is 18.7 Å². The summed E-state index contributed by atoms with van der Waals surface area (Å²) in [6.45, 7) is 2.10. The predicted molar refractivity (Wildman–Crippen MR) is 74.0 cm³/mol. The summed E-state index contributed by atoms with van der Waals surface area (Å²) in [4.78, 5) is 0.169. The minimum absolute atomic E-state index is 0.0950. The molecule has 0 aromatic heterocycles. The molecule has 0 unspecified atom stereocenters. The Morgan fingerprint density at radius 2 is 1.95 bits per heavy atom. The lowest BCUT2D eigenvalue weighted by atomic mass is 10.3. The molecule has 0 heterocycles. The smallest absolute Gasteiger partial charge is 0.243 e. The number of amidine groups is 1. The standard InChI is InChI=1S/C12H19N3O3S/c1-3-8-15(9-12(13)14)19(16,17)11-6-4-10(18-2)5-7-11/h4-7H,3,8-9H2,1-2H3,(H3,13,14). The molecule has 19 heavy (non-hydrogen) atoms. The van der Waals surface area contributed by atoms with Crippen molar-refractivity contribution in [2.24, 2.45) is 5.73 Å². The number of hydrogen-bond donors (Lipinski definition) is 2. The van der Waals surface area contributed by atoms with Crippen molar-refractivity contribution in [3.63, 3.8) is 0 Å². The number of benzene rings is 1. The maximum Gasteiger partial charge on any atom is 0.243 e. The molecule has 0 aliphatic carbocycles. The highest BCUT2D eigenvalue weighted by molar-refractivity contribution is 7.89. The third-order valence-electron chi connectivity index (χ3n) is 2.52. The van der Waals surface area contributed by atoms with Crippen LogP contribution in [0.15, 0.2) is 29.2 Å². The molecule has 7 heteroatoms. The zero-order chi connectivity index (χ0) is 14.5. The van der Waals surface area contributed by atoms with Crippen molar-refractivity contribution >= 4 is 15.9 Å². The van der Waals surface area contributed by atoms with Crippen molar-refractivity contribution in [2.75, 3.05) is 20.2 Å². The summed E-state index contributed by atoms with van der Waals surface area (Å²) in [6.07, 6.45) is 0.655. The number of ether oxygens (including phenoxy) is 1. The largest absolute Gasteiger partial charge is 0.497 e. The Balaban J connectivity index is 3.06. The molecule has 0 saturated heterocycles. The van der Waals surface area contributed by atoms with Gasteiger partial charge in [0.05, 0.1) is 18.6 Å². The SMILES string of the molecule is CCCN(CC(=N)N)S(=O)(=O)c1ccc(OC)cc1. The van der Waals surface area contributed by atoms with Crippen LogP contribution >= 0.6 is 0 Å². The molecule has 0 aliphatic rings. The maximum absolute atomic E-state index is 12.4. The van der Waals surface area contributed by atoms with Crippen LogP contribution in [0.3, 0.4) is 0 Å². The number of hydrogen-bond acceptors (Lipinski definition) is 4. The molecule has 3 N–H and O–H groups in total. The van der Waals surface area contributed by atoms with Crippen LogP contribution < -0.4 is 10.5 Å². The van der Waals surface area contributed by atoms with E-state index in [9.17, 15) is 8.42 Å². The van der Waals surface area contributed by atoms with Crippen LogP contribution in [-0.4, -0.2) is 38.8 Å². The fourth-order valence-corrected chi connectivity index (χ4v) is 3.13. The van der Waals surface area contributed by atoms with Crippen molar-refractivity contribution in [3.8, 4) is 5.75 Å². The van der Waals surface area contributed by atoms with Gasteiger partial charge in [-0.15, -0.1) is 0 Å². The zero-order valence-corrected chi connectivity index (χ0v) is 11.9. The van der Waals surface area contributed by atoms with E-state index in [1.165, 1.54) is 23.5 Å². The Kier molecular flexibility index (Phi) is 5.31. The molecule has 0 radical (unpaired) electrons. The molecular formula is C12H19N3O3S. The lowest BCUT2D eigenvalue weighted by Crippen LogP contribution is -2.38. The van der Waals surface area contributed by atoms with E-state index in [4.69, 9.17) is 15.9 Å². The van der Waals surface area contributed by atoms with Crippen molar-refractivity contribution < 1.29 is 13.2 Å². The van der Waals surface area contributed by atoms with E-state index in [1.54, 1.807) is 12.1 Å². The maximum atomic E-state index is 12.4. The van der Waals surface area contributed by atoms with Crippen LogP contribution in [0.25, 0.3) is 0 Å². The summed E-state index contributed by atoms with van der Waals surface area (Å²) in [6, 6.07) is 6.14. The molecule has 0 fully saturated rings. The highest BCUT2D eigenvalue weighted by Gasteiger charge is 2.24. The first-order valence-corrected chi connectivity index (χ1v) is 7.33. The Hall–Kier alpha value is -1.60. The molecule has 106 valence electrons. The van der Waals surface area contributed by atoms with Crippen LogP contribution in [0, 0.1) is 5.41 Å². The first-order chi connectivity index (χ1) is 8.91. The Morgan fingerprint density at radius 3 is 2.37 bits per heavy atom. The van der Waals surface area contributed by atoms with Crippen LogP contribution in [0.2, 0.25) is 0 Å². The van der Waals surface area contributed by atoms with Gasteiger partial charge in [0.2, 0.25) is 10.0 Å². The Bertz CT molecular complexity index is 526. The van der Waals surface area contributed by atoms with Crippen LogP contribution in [0.1, 0.15) is 13.3 Å². The van der Waals surface area contributed by atoms with Crippen molar-refractivity contribution in [3.05, 3.63) is 24.3 Å². The van der Waals surface area contributed by atoms with E-state index in [0.717, 1.165) is 0 Å². The molecular weight excluding hydrogens is 266 g/mol. The number of nitrogens with two attached hydrogens (primary N) is 1. The van der Waals surface area contributed by atoms with Crippen LogP contribution in [0.5, 0.6) is 5.75 Å². The van der Waals surface area contributed by atoms with Gasteiger partial charge in [0.15, 0.2) is 0 Å². The van der Waals surface area contributed by atoms with E-state index in [-0.39, 0.29) is 17.3 Å². The van der Waals surface area contributed by atoms with Crippen LogP contribution in [-0.2, 0) is 10.0 Å². The minimum atomic E-state index is -3.63. The zero-order valence-electron chi connectivity index (χ0n) is 11.1. The summed E-state index contributed by atoms with van der Waals surface area (Å²) in [5.74, 6) is 0.415. The summed E-state index contributed by atoms with van der Waals surface area (Å²) in [7, 11) is -2.11. The molecule has 6 nitrogen and oxygen atoms in total. The van der Waals surface area contributed by atoms with Gasteiger partial charge < -0.3 is 10.5 Å². The summed E-state index contributed by atoms with van der Waals surface area (Å²) >= 11 is 0. The highest BCUT2D eigenvalue weighted by atomic mass is 32.2. The molecule has 0 spiro atoms. The van der Waals surface area contributed by atoms with Gasteiger partial charge in [-0.2, -0.15) is 4.31 Å². The van der Waals surface area contributed by atoms with Crippen molar-refractivity contribution in [2.45, 2.75) is 18.2 Å². The molecule has 0 aliphatic heterocycles. The third kappa shape index (κ3) is 3.93. The summed E-state index contributed by atoms with van der Waals surface area (Å²) in [5, 5.41) is 7.26. The van der Waals surface area contributed by atoms with E-state index in [1.807, 2.05) is 6.92 Å². The molecule has 0 atom stereocenters. The van der Waals surface area contributed by atoms with Gasteiger partial charge in [-0.1, -0.05) is 6.92 Å². The minimum Gasteiger partial charge on any atom is -0.497 e. The van der Waals surface area contributed by atoms with E-state index >= 15 is 0 Å². The lowest BCUT2D eigenvalue weighted by Gasteiger charge is -2.21. The van der Waals surface area contributed by atoms with Crippen molar-refractivity contribution in [1.82, 2.24) is 4.31 Å². The second-order valence-electron chi connectivity index (χ2n) is 4.04. The second-order valence-corrected chi connectivity index (χ2v) is 5.98. The van der Waals surface area contributed by atoms with Gasteiger partial charge in [-0.05, 0) is 30.7 Å². The third-order valence-corrected chi connectivity index (χ3v) is 4.38. The molecule has 1 aromatic carbocycles. The number of sulfonamides is 1. The van der Waals surface area contributed by atoms with Gasteiger partial charge in [-0.3, -0.25) is 5.41 Å². The topological polar surface area (TPSA) is 96.5 Å². The Morgan fingerprint density at radius 1 is 1.37 bits per heavy atom. The quantitative estimate of drug-likeness (QED) is 0.577. The molecule has 0 bridgehead atoms.